The van der Waals surface area contributed by atoms with Crippen LogP contribution in [0.15, 0.2) is 0 Å². The molecule has 1 aliphatic rings. The maximum absolute atomic E-state index is 11.9. The summed E-state index contributed by atoms with van der Waals surface area (Å²) >= 11 is 0. The van der Waals surface area contributed by atoms with Gasteiger partial charge in [0.15, 0.2) is 0 Å². The monoisotopic (exact) mass is 243 g/mol. The Morgan fingerprint density at radius 2 is 2.06 bits per heavy atom. The van der Waals surface area contributed by atoms with Crippen LogP contribution in [0.25, 0.3) is 0 Å². The fourth-order valence-electron chi connectivity index (χ4n) is 2.02. The molecule has 98 valence electrons. The van der Waals surface area contributed by atoms with E-state index in [1.807, 2.05) is 6.92 Å². The first-order chi connectivity index (χ1) is 7.91. The minimum atomic E-state index is -0.978. The van der Waals surface area contributed by atoms with Crippen LogP contribution >= 0.6 is 0 Å². The molecule has 2 unspecified atom stereocenters. The quantitative estimate of drug-likeness (QED) is 0.773. The Morgan fingerprint density at radius 1 is 1.41 bits per heavy atom. The van der Waals surface area contributed by atoms with Crippen LogP contribution in [-0.4, -0.2) is 35.7 Å². The molecule has 0 bridgehead atoms. The molecule has 2 N–H and O–H groups in total. The van der Waals surface area contributed by atoms with Gasteiger partial charge >= 0.3 is 5.97 Å². The second kappa shape index (κ2) is 6.00. The molecule has 1 saturated heterocycles. The first kappa shape index (κ1) is 14.0. The largest absolute Gasteiger partial charge is 0.480 e. The predicted octanol–water partition coefficient (Wildman–Crippen LogP) is 1.03. The number of rotatable bonds is 4. The van der Waals surface area contributed by atoms with Gasteiger partial charge in [-0.25, -0.2) is 4.79 Å². The van der Waals surface area contributed by atoms with E-state index in [9.17, 15) is 9.59 Å². The molecule has 0 saturated carbocycles. The van der Waals surface area contributed by atoms with E-state index in [4.69, 9.17) is 9.84 Å². The van der Waals surface area contributed by atoms with E-state index >= 15 is 0 Å². The maximum atomic E-state index is 11.9. The number of ether oxygens (including phenoxy) is 1. The summed E-state index contributed by atoms with van der Waals surface area (Å²) in [5.41, 5.74) is 0. The first-order valence-corrected chi connectivity index (χ1v) is 6.06. The van der Waals surface area contributed by atoms with Crippen molar-refractivity contribution >= 4 is 11.9 Å². The molecule has 0 spiro atoms. The van der Waals surface area contributed by atoms with Crippen LogP contribution in [0.3, 0.4) is 0 Å². The summed E-state index contributed by atoms with van der Waals surface area (Å²) in [5.74, 6) is -1.39. The van der Waals surface area contributed by atoms with Crippen molar-refractivity contribution in [3.8, 4) is 0 Å². The summed E-state index contributed by atoms with van der Waals surface area (Å²) < 4.78 is 5.36. The summed E-state index contributed by atoms with van der Waals surface area (Å²) in [5, 5.41) is 11.6. The normalized spacial score (nSPS) is 26.6. The van der Waals surface area contributed by atoms with E-state index in [-0.39, 0.29) is 23.8 Å². The average Bonchev–Trinajstić information content (AvgIpc) is 2.24. The number of carboxylic acid groups (broad SMARTS) is 1. The number of aliphatic carboxylic acids is 1. The Morgan fingerprint density at radius 3 is 2.53 bits per heavy atom. The number of hydrogen-bond donors (Lipinski definition) is 2. The highest BCUT2D eigenvalue weighted by molar-refractivity contribution is 5.85. The summed E-state index contributed by atoms with van der Waals surface area (Å²) in [7, 11) is 0. The van der Waals surface area contributed by atoms with Crippen LogP contribution < -0.4 is 5.32 Å². The molecule has 17 heavy (non-hydrogen) atoms. The van der Waals surface area contributed by atoms with Gasteiger partial charge in [-0.1, -0.05) is 13.8 Å². The third kappa shape index (κ3) is 4.00. The molecule has 5 heteroatoms. The van der Waals surface area contributed by atoms with Gasteiger partial charge in [0.2, 0.25) is 5.91 Å². The standard InChI is InChI=1S/C12H21NO4/c1-7(2)10(12(15)16)13-11(14)9-4-5-17-8(3)6-9/h7-10H,4-6H2,1-3H3,(H,13,14)(H,15,16)/t8?,9?,10-/m0/s1. The zero-order chi connectivity index (χ0) is 13.0. The molecule has 0 aromatic rings. The molecule has 1 heterocycles. The van der Waals surface area contributed by atoms with Crippen LogP contribution in [0.2, 0.25) is 0 Å². The Labute approximate surface area is 102 Å². The molecule has 0 radical (unpaired) electrons. The van der Waals surface area contributed by atoms with E-state index in [0.717, 1.165) is 0 Å². The van der Waals surface area contributed by atoms with Crippen LogP contribution in [0.1, 0.15) is 33.6 Å². The number of carbonyl (C=O) groups is 2. The summed E-state index contributed by atoms with van der Waals surface area (Å²) in [6, 6.07) is -0.805. The third-order valence-corrected chi connectivity index (χ3v) is 3.09. The van der Waals surface area contributed by atoms with Crippen LogP contribution in [0.4, 0.5) is 0 Å². The molecule has 0 aromatic carbocycles. The van der Waals surface area contributed by atoms with E-state index in [1.54, 1.807) is 13.8 Å². The van der Waals surface area contributed by atoms with Gasteiger partial charge in [0, 0.05) is 12.5 Å². The van der Waals surface area contributed by atoms with E-state index in [0.29, 0.717) is 19.4 Å². The van der Waals surface area contributed by atoms with Crippen molar-refractivity contribution in [2.75, 3.05) is 6.61 Å². The highest BCUT2D eigenvalue weighted by Crippen LogP contribution is 2.20. The van der Waals surface area contributed by atoms with Gasteiger partial charge < -0.3 is 15.2 Å². The average molecular weight is 243 g/mol. The minimum Gasteiger partial charge on any atom is -0.480 e. The summed E-state index contributed by atoms with van der Waals surface area (Å²) in [6.07, 6.45) is 1.40. The third-order valence-electron chi connectivity index (χ3n) is 3.09. The van der Waals surface area contributed by atoms with Crippen molar-refractivity contribution in [1.29, 1.82) is 0 Å². The van der Waals surface area contributed by atoms with Crippen LogP contribution in [0.5, 0.6) is 0 Å². The number of carbonyl (C=O) groups excluding carboxylic acids is 1. The predicted molar refractivity (Wildman–Crippen MR) is 62.5 cm³/mol. The molecular weight excluding hydrogens is 222 g/mol. The van der Waals surface area contributed by atoms with Gasteiger partial charge in [-0.2, -0.15) is 0 Å². The zero-order valence-corrected chi connectivity index (χ0v) is 10.6. The van der Waals surface area contributed by atoms with Crippen LogP contribution in [0, 0.1) is 11.8 Å². The van der Waals surface area contributed by atoms with Crippen molar-refractivity contribution < 1.29 is 19.4 Å². The number of nitrogens with one attached hydrogen (secondary N) is 1. The van der Waals surface area contributed by atoms with Gasteiger partial charge in [-0.05, 0) is 25.7 Å². The SMILES string of the molecule is CC1CC(C(=O)N[C@H](C(=O)O)C(C)C)CCO1. The van der Waals surface area contributed by atoms with Crippen molar-refractivity contribution in [2.24, 2.45) is 11.8 Å². The van der Waals surface area contributed by atoms with E-state index in [1.165, 1.54) is 0 Å². The fourth-order valence-corrected chi connectivity index (χ4v) is 2.02. The first-order valence-electron chi connectivity index (χ1n) is 6.06. The Bertz CT molecular complexity index is 290. The molecule has 0 aromatic heterocycles. The Kier molecular flexibility index (Phi) is 4.93. The smallest absolute Gasteiger partial charge is 0.326 e. The molecule has 1 rings (SSSR count). The lowest BCUT2D eigenvalue weighted by atomic mass is 9.94. The van der Waals surface area contributed by atoms with Gasteiger partial charge in [-0.15, -0.1) is 0 Å². The molecule has 5 nitrogen and oxygen atoms in total. The van der Waals surface area contributed by atoms with E-state index in [2.05, 4.69) is 5.32 Å². The maximum Gasteiger partial charge on any atom is 0.326 e. The van der Waals surface area contributed by atoms with E-state index < -0.39 is 12.0 Å². The molecule has 3 atom stereocenters. The highest BCUT2D eigenvalue weighted by Gasteiger charge is 2.30. The Balaban J connectivity index is 2.54. The zero-order valence-electron chi connectivity index (χ0n) is 10.6. The lowest BCUT2D eigenvalue weighted by Gasteiger charge is -2.28. The van der Waals surface area contributed by atoms with Crippen molar-refractivity contribution in [3.63, 3.8) is 0 Å². The lowest BCUT2D eigenvalue weighted by Crippen LogP contribution is -2.48. The second-order valence-corrected chi connectivity index (χ2v) is 4.97. The molecular formula is C12H21NO4. The van der Waals surface area contributed by atoms with Crippen molar-refractivity contribution in [1.82, 2.24) is 5.32 Å². The van der Waals surface area contributed by atoms with Crippen molar-refractivity contribution in [3.05, 3.63) is 0 Å². The van der Waals surface area contributed by atoms with Gasteiger partial charge in [0.1, 0.15) is 6.04 Å². The van der Waals surface area contributed by atoms with Gasteiger partial charge in [0.25, 0.3) is 0 Å². The summed E-state index contributed by atoms with van der Waals surface area (Å²) in [4.78, 5) is 22.9. The fraction of sp³-hybridized carbons (Fsp3) is 0.833. The van der Waals surface area contributed by atoms with Gasteiger partial charge in [-0.3, -0.25) is 4.79 Å². The topological polar surface area (TPSA) is 75.6 Å². The molecule has 1 fully saturated rings. The molecule has 1 aliphatic heterocycles. The molecule has 0 aliphatic carbocycles. The minimum absolute atomic E-state index is 0.0711. The van der Waals surface area contributed by atoms with Crippen molar-refractivity contribution in [2.45, 2.75) is 45.8 Å². The number of carboxylic acids is 1. The molecule has 1 amide bonds. The number of amides is 1. The van der Waals surface area contributed by atoms with Gasteiger partial charge in [0.05, 0.1) is 6.10 Å². The Hall–Kier alpha value is -1.10. The number of hydrogen-bond acceptors (Lipinski definition) is 3. The second-order valence-electron chi connectivity index (χ2n) is 4.97. The highest BCUT2D eigenvalue weighted by atomic mass is 16.5. The van der Waals surface area contributed by atoms with Crippen LogP contribution in [-0.2, 0) is 14.3 Å². The lowest BCUT2D eigenvalue weighted by molar-refractivity contribution is -0.144. The summed E-state index contributed by atoms with van der Waals surface area (Å²) in [6.45, 7) is 6.06.